The lowest BCUT2D eigenvalue weighted by Crippen LogP contribution is -2.49. The van der Waals surface area contributed by atoms with Crippen LogP contribution >= 0.6 is 11.3 Å². The number of carbonyl (C=O) groups excluding carboxylic acids is 1. The van der Waals surface area contributed by atoms with Gasteiger partial charge in [-0.2, -0.15) is 0 Å². The fraction of sp³-hybridized carbons (Fsp3) is 0.423. The Morgan fingerprint density at radius 1 is 1.06 bits per heavy atom. The number of carbonyl (C=O) groups is 1. The molecule has 6 nitrogen and oxygen atoms in total. The molecule has 1 aromatic carbocycles. The molecule has 4 heterocycles. The van der Waals surface area contributed by atoms with Gasteiger partial charge in [0.25, 0.3) is 0 Å². The van der Waals surface area contributed by atoms with Gasteiger partial charge >= 0.3 is 0 Å². The van der Waals surface area contributed by atoms with Gasteiger partial charge in [0.05, 0.1) is 5.39 Å². The van der Waals surface area contributed by atoms with E-state index >= 15 is 0 Å². The Morgan fingerprint density at radius 2 is 1.91 bits per heavy atom. The molecule has 7 heteroatoms. The van der Waals surface area contributed by atoms with Crippen LogP contribution in [0.3, 0.4) is 0 Å². The van der Waals surface area contributed by atoms with Crippen LogP contribution < -0.4 is 4.90 Å². The predicted molar refractivity (Wildman–Crippen MR) is 136 cm³/mol. The van der Waals surface area contributed by atoms with Crippen molar-refractivity contribution in [1.29, 1.82) is 0 Å². The van der Waals surface area contributed by atoms with Gasteiger partial charge in [-0.3, -0.25) is 4.79 Å². The maximum absolute atomic E-state index is 12.7. The Morgan fingerprint density at radius 3 is 2.76 bits per heavy atom. The number of fused-ring (bicyclic) bond motifs is 2. The number of aromatic amines is 1. The molecule has 0 radical (unpaired) electrons. The van der Waals surface area contributed by atoms with E-state index < -0.39 is 0 Å². The Kier molecular flexibility index (Phi) is 6.58. The second-order valence-electron chi connectivity index (χ2n) is 8.77. The third-order valence-corrected chi connectivity index (χ3v) is 7.84. The van der Waals surface area contributed by atoms with Crippen LogP contribution in [0.15, 0.2) is 42.9 Å². The van der Waals surface area contributed by atoms with Crippen LogP contribution in [-0.2, 0) is 17.6 Å². The van der Waals surface area contributed by atoms with Crippen LogP contribution in [0.5, 0.6) is 0 Å². The molecular formula is C26H31N5OS. The molecule has 1 saturated heterocycles. The highest BCUT2D eigenvalue weighted by atomic mass is 32.1. The standard InChI is InChI=1S/C26H31N5OS/c1-2-20-16-22-25(28-18-29-26(22)33-20)31-14-12-30(13-15-31)24(32)11-5-3-4-8-19-17-27-23-10-7-6-9-21(19)23/h6-7,9-10,16-18,27H,2-5,8,11-15H2,1H3. The summed E-state index contributed by atoms with van der Waals surface area (Å²) in [5.41, 5.74) is 2.58. The lowest BCUT2D eigenvalue weighted by molar-refractivity contribution is -0.131. The van der Waals surface area contributed by atoms with Crippen molar-refractivity contribution in [3.63, 3.8) is 0 Å². The molecular weight excluding hydrogens is 430 g/mol. The van der Waals surface area contributed by atoms with Crippen molar-refractivity contribution in [3.8, 4) is 0 Å². The highest BCUT2D eigenvalue weighted by Crippen LogP contribution is 2.31. The summed E-state index contributed by atoms with van der Waals surface area (Å²) in [6.45, 7) is 5.37. The van der Waals surface area contributed by atoms with E-state index in [2.05, 4.69) is 63.3 Å². The number of hydrogen-bond donors (Lipinski definition) is 1. The lowest BCUT2D eigenvalue weighted by atomic mass is 10.0. The quantitative estimate of drug-likeness (QED) is 0.367. The van der Waals surface area contributed by atoms with Gasteiger partial charge in [0.1, 0.15) is 17.0 Å². The van der Waals surface area contributed by atoms with E-state index in [1.54, 1.807) is 17.7 Å². The van der Waals surface area contributed by atoms with Crippen molar-refractivity contribution in [2.24, 2.45) is 0 Å². The van der Waals surface area contributed by atoms with Crippen LogP contribution in [0.2, 0.25) is 0 Å². The van der Waals surface area contributed by atoms with E-state index in [-0.39, 0.29) is 0 Å². The molecule has 5 rings (SSSR count). The van der Waals surface area contributed by atoms with Gasteiger partial charge in [0.15, 0.2) is 0 Å². The van der Waals surface area contributed by atoms with Gasteiger partial charge < -0.3 is 14.8 Å². The molecule has 172 valence electrons. The van der Waals surface area contributed by atoms with Crippen LogP contribution in [-0.4, -0.2) is 51.9 Å². The van der Waals surface area contributed by atoms with E-state index in [0.717, 1.165) is 74.3 Å². The third kappa shape index (κ3) is 4.74. The summed E-state index contributed by atoms with van der Waals surface area (Å²) in [5.74, 6) is 1.30. The average molecular weight is 462 g/mol. The lowest BCUT2D eigenvalue weighted by Gasteiger charge is -2.35. The first kappa shape index (κ1) is 21.9. The van der Waals surface area contributed by atoms with Gasteiger partial charge in [-0.25, -0.2) is 9.97 Å². The summed E-state index contributed by atoms with van der Waals surface area (Å²) in [4.78, 5) is 31.8. The molecule has 0 saturated carbocycles. The van der Waals surface area contributed by atoms with Crippen LogP contribution in [0.4, 0.5) is 5.82 Å². The number of aryl methyl sites for hydroxylation is 2. The second kappa shape index (κ2) is 9.91. The van der Waals surface area contributed by atoms with Gasteiger partial charge in [-0.05, 0) is 43.4 Å². The molecule has 1 aliphatic rings. The van der Waals surface area contributed by atoms with Crippen LogP contribution in [0.1, 0.15) is 43.0 Å². The fourth-order valence-electron chi connectivity index (χ4n) is 4.75. The number of thiophene rings is 1. The fourth-order valence-corrected chi connectivity index (χ4v) is 5.68. The number of anilines is 1. The summed E-state index contributed by atoms with van der Waals surface area (Å²) in [6, 6.07) is 10.7. The number of aromatic nitrogens is 3. The van der Waals surface area contributed by atoms with Gasteiger partial charge in [0.2, 0.25) is 5.91 Å². The number of nitrogens with one attached hydrogen (secondary N) is 1. The first-order valence-electron chi connectivity index (χ1n) is 12.0. The van der Waals surface area contributed by atoms with E-state index in [1.165, 1.54) is 21.3 Å². The number of unbranched alkanes of at least 4 members (excludes halogenated alkanes) is 2. The maximum atomic E-state index is 12.7. The predicted octanol–water partition coefficient (Wildman–Crippen LogP) is 5.19. The minimum atomic E-state index is 0.290. The number of para-hydroxylation sites is 1. The summed E-state index contributed by atoms with van der Waals surface area (Å²) >= 11 is 1.75. The van der Waals surface area contributed by atoms with E-state index in [1.807, 2.05) is 4.90 Å². The molecule has 1 amide bonds. The minimum absolute atomic E-state index is 0.290. The number of H-pyrrole nitrogens is 1. The van der Waals surface area contributed by atoms with E-state index in [4.69, 9.17) is 0 Å². The number of piperazine rings is 1. The molecule has 0 atom stereocenters. The topological polar surface area (TPSA) is 65.1 Å². The van der Waals surface area contributed by atoms with Crippen LogP contribution in [0, 0.1) is 0 Å². The first-order chi connectivity index (χ1) is 16.2. The first-order valence-corrected chi connectivity index (χ1v) is 12.9. The highest BCUT2D eigenvalue weighted by Gasteiger charge is 2.23. The number of benzene rings is 1. The number of nitrogens with zero attached hydrogens (tertiary/aromatic N) is 4. The van der Waals surface area contributed by atoms with Crippen molar-refractivity contribution in [1.82, 2.24) is 19.9 Å². The Balaban J connectivity index is 1.07. The molecule has 1 aliphatic heterocycles. The monoisotopic (exact) mass is 461 g/mol. The van der Waals surface area contributed by atoms with Gasteiger partial charge in [0, 0.05) is 54.6 Å². The zero-order valence-electron chi connectivity index (χ0n) is 19.2. The number of rotatable bonds is 8. The normalized spacial score (nSPS) is 14.5. The van der Waals surface area contributed by atoms with Crippen molar-refractivity contribution in [2.45, 2.75) is 45.4 Å². The van der Waals surface area contributed by atoms with Gasteiger partial charge in [-0.1, -0.05) is 31.5 Å². The number of hydrogen-bond acceptors (Lipinski definition) is 5. The number of amides is 1. The highest BCUT2D eigenvalue weighted by molar-refractivity contribution is 7.18. The smallest absolute Gasteiger partial charge is 0.222 e. The molecule has 1 fully saturated rings. The average Bonchev–Trinajstić information content (AvgIpc) is 3.48. The van der Waals surface area contributed by atoms with Crippen LogP contribution in [0.25, 0.3) is 21.1 Å². The molecule has 4 aromatic rings. The van der Waals surface area contributed by atoms with Crippen molar-refractivity contribution in [2.75, 3.05) is 31.1 Å². The Bertz CT molecular complexity index is 1240. The molecule has 1 N–H and O–H groups in total. The molecule has 0 spiro atoms. The van der Waals surface area contributed by atoms with Crippen molar-refractivity contribution < 1.29 is 4.79 Å². The summed E-state index contributed by atoms with van der Waals surface area (Å²) in [5, 5.41) is 2.47. The van der Waals surface area contributed by atoms with E-state index in [0.29, 0.717) is 12.3 Å². The summed E-state index contributed by atoms with van der Waals surface area (Å²) < 4.78 is 0. The second-order valence-corrected chi connectivity index (χ2v) is 9.89. The molecule has 3 aromatic heterocycles. The van der Waals surface area contributed by atoms with Gasteiger partial charge in [-0.15, -0.1) is 11.3 Å². The Hall–Kier alpha value is -2.93. The summed E-state index contributed by atoms with van der Waals surface area (Å²) in [7, 11) is 0. The van der Waals surface area contributed by atoms with E-state index in [9.17, 15) is 4.79 Å². The third-order valence-electron chi connectivity index (χ3n) is 6.65. The zero-order chi connectivity index (χ0) is 22.6. The molecule has 0 unspecified atom stereocenters. The van der Waals surface area contributed by atoms with Crippen molar-refractivity contribution in [3.05, 3.63) is 53.3 Å². The minimum Gasteiger partial charge on any atom is -0.361 e. The van der Waals surface area contributed by atoms with Crippen molar-refractivity contribution >= 4 is 44.2 Å². The summed E-state index contributed by atoms with van der Waals surface area (Å²) in [6.07, 6.45) is 9.69. The largest absolute Gasteiger partial charge is 0.361 e. The Labute approximate surface area is 198 Å². The zero-order valence-corrected chi connectivity index (χ0v) is 20.0. The SMILES string of the molecule is CCc1cc2c(N3CCN(C(=O)CCCCCc4c[nH]c5ccccc45)CC3)ncnc2s1. The molecule has 0 aliphatic carbocycles. The maximum Gasteiger partial charge on any atom is 0.222 e. The molecule has 0 bridgehead atoms. The molecule has 33 heavy (non-hydrogen) atoms.